The molecule has 2 aromatic heterocycles. The maximum atomic E-state index is 12.2. The van der Waals surface area contributed by atoms with Gasteiger partial charge in [0.05, 0.1) is 11.2 Å². The van der Waals surface area contributed by atoms with E-state index in [-0.39, 0.29) is 18.3 Å². The highest BCUT2D eigenvalue weighted by molar-refractivity contribution is 7.13. The Hall–Kier alpha value is -2.48. The number of nitrogens with zero attached hydrogens (tertiary/aromatic N) is 2. The van der Waals surface area contributed by atoms with Crippen LogP contribution in [0.15, 0.2) is 18.5 Å². The Kier molecular flexibility index (Phi) is 4.75. The second-order valence-corrected chi connectivity index (χ2v) is 6.78. The van der Waals surface area contributed by atoms with Crippen molar-refractivity contribution in [2.75, 3.05) is 19.7 Å². The number of rotatable bonds is 5. The van der Waals surface area contributed by atoms with Gasteiger partial charge in [0, 0.05) is 24.8 Å². The molecule has 0 aliphatic carbocycles. The molecular weight excluding hydrogens is 330 g/mol. The highest BCUT2D eigenvalue weighted by atomic mass is 32.1. The van der Waals surface area contributed by atoms with Gasteiger partial charge in [0.25, 0.3) is 5.91 Å². The van der Waals surface area contributed by atoms with Crippen molar-refractivity contribution in [2.45, 2.75) is 19.8 Å². The van der Waals surface area contributed by atoms with E-state index in [2.05, 4.69) is 9.97 Å². The standard InChI is InChI=1S/C16H17N3O4S/c1-10-17-8-14(24-10)16(22)23-9-13(20)11-6-12(18-7-11)15(21)19-4-2-3-5-19/h6-8,18H,2-5,9H2,1H3. The number of carbonyl (C=O) groups is 3. The lowest BCUT2D eigenvalue weighted by atomic mass is 10.2. The topological polar surface area (TPSA) is 92.4 Å². The van der Waals surface area contributed by atoms with Gasteiger partial charge in [-0.15, -0.1) is 11.3 Å². The van der Waals surface area contributed by atoms with Crippen LogP contribution in [0.2, 0.25) is 0 Å². The molecule has 1 amide bonds. The Morgan fingerprint density at radius 3 is 2.75 bits per heavy atom. The molecule has 0 spiro atoms. The molecule has 1 saturated heterocycles. The maximum Gasteiger partial charge on any atom is 0.350 e. The Labute approximate surface area is 142 Å². The molecule has 0 atom stereocenters. The summed E-state index contributed by atoms with van der Waals surface area (Å²) >= 11 is 1.21. The number of thiazole rings is 1. The summed E-state index contributed by atoms with van der Waals surface area (Å²) in [6.07, 6.45) is 4.91. The zero-order valence-corrected chi connectivity index (χ0v) is 14.0. The normalized spacial score (nSPS) is 14.0. The molecule has 7 nitrogen and oxygen atoms in total. The monoisotopic (exact) mass is 347 g/mol. The maximum absolute atomic E-state index is 12.2. The number of hydrogen-bond donors (Lipinski definition) is 1. The number of likely N-dealkylation sites (tertiary alicyclic amines) is 1. The number of H-pyrrole nitrogens is 1. The molecule has 3 rings (SSSR count). The molecule has 1 aliphatic rings. The fourth-order valence-electron chi connectivity index (χ4n) is 2.51. The summed E-state index contributed by atoms with van der Waals surface area (Å²) in [5.41, 5.74) is 0.704. The van der Waals surface area contributed by atoms with Crippen LogP contribution in [0.25, 0.3) is 0 Å². The quantitative estimate of drug-likeness (QED) is 0.660. The number of aromatic amines is 1. The van der Waals surface area contributed by atoms with Crippen molar-refractivity contribution in [3.63, 3.8) is 0 Å². The molecule has 0 radical (unpaired) electrons. The van der Waals surface area contributed by atoms with Crippen LogP contribution in [0, 0.1) is 6.92 Å². The van der Waals surface area contributed by atoms with Gasteiger partial charge in [-0.2, -0.15) is 0 Å². The smallest absolute Gasteiger partial charge is 0.350 e. The minimum absolute atomic E-state index is 0.108. The van der Waals surface area contributed by atoms with Crippen molar-refractivity contribution in [1.82, 2.24) is 14.9 Å². The van der Waals surface area contributed by atoms with Gasteiger partial charge in [0.15, 0.2) is 6.61 Å². The third-order valence-electron chi connectivity index (χ3n) is 3.79. The average Bonchev–Trinajstić information content (AvgIpc) is 3.31. The summed E-state index contributed by atoms with van der Waals surface area (Å²) in [6.45, 7) is 2.90. The Bertz CT molecular complexity index is 774. The van der Waals surface area contributed by atoms with Crippen LogP contribution >= 0.6 is 11.3 Å². The zero-order valence-electron chi connectivity index (χ0n) is 13.2. The fraction of sp³-hybridized carbons (Fsp3) is 0.375. The second-order valence-electron chi connectivity index (χ2n) is 5.54. The van der Waals surface area contributed by atoms with Crippen molar-refractivity contribution in [3.05, 3.63) is 39.6 Å². The first kappa shape index (κ1) is 16.4. The van der Waals surface area contributed by atoms with Crippen molar-refractivity contribution in [1.29, 1.82) is 0 Å². The number of aromatic nitrogens is 2. The second kappa shape index (κ2) is 6.96. The van der Waals surface area contributed by atoms with Gasteiger partial charge in [0.2, 0.25) is 5.78 Å². The summed E-state index contributed by atoms with van der Waals surface area (Å²) in [7, 11) is 0. The first-order valence-corrected chi connectivity index (χ1v) is 8.46. The molecule has 24 heavy (non-hydrogen) atoms. The number of aryl methyl sites for hydroxylation is 1. The van der Waals surface area contributed by atoms with E-state index >= 15 is 0 Å². The van der Waals surface area contributed by atoms with Crippen LogP contribution in [-0.4, -0.2) is 52.2 Å². The first-order chi connectivity index (χ1) is 11.5. The predicted octanol–water partition coefficient (Wildman–Crippen LogP) is 2.06. The van der Waals surface area contributed by atoms with E-state index in [1.165, 1.54) is 29.8 Å². The molecule has 0 saturated carbocycles. The molecule has 3 heterocycles. The summed E-state index contributed by atoms with van der Waals surface area (Å²) in [5.74, 6) is -1.04. The molecule has 8 heteroatoms. The lowest BCUT2D eigenvalue weighted by Gasteiger charge is -2.13. The molecule has 1 aliphatic heterocycles. The Morgan fingerprint density at radius 2 is 2.08 bits per heavy atom. The van der Waals surface area contributed by atoms with Crippen molar-refractivity contribution in [2.24, 2.45) is 0 Å². The Balaban J connectivity index is 1.57. The van der Waals surface area contributed by atoms with Crippen molar-refractivity contribution >= 4 is 29.0 Å². The minimum Gasteiger partial charge on any atom is -0.453 e. The van der Waals surface area contributed by atoms with Gasteiger partial charge in [-0.3, -0.25) is 9.59 Å². The number of amides is 1. The zero-order chi connectivity index (χ0) is 17.1. The lowest BCUT2D eigenvalue weighted by molar-refractivity contribution is 0.0479. The van der Waals surface area contributed by atoms with Gasteiger partial charge >= 0.3 is 5.97 Å². The lowest BCUT2D eigenvalue weighted by Crippen LogP contribution is -2.27. The van der Waals surface area contributed by atoms with Gasteiger partial charge in [-0.25, -0.2) is 9.78 Å². The van der Waals surface area contributed by atoms with Crippen LogP contribution < -0.4 is 0 Å². The van der Waals surface area contributed by atoms with Crippen molar-refractivity contribution in [3.8, 4) is 0 Å². The Morgan fingerprint density at radius 1 is 1.33 bits per heavy atom. The number of esters is 1. The third-order valence-corrected chi connectivity index (χ3v) is 4.68. The van der Waals surface area contributed by atoms with Crippen LogP contribution in [0.1, 0.15) is 48.4 Å². The summed E-state index contributed by atoms with van der Waals surface area (Å²) in [6, 6.07) is 1.51. The van der Waals surface area contributed by atoms with E-state index in [1.54, 1.807) is 11.8 Å². The van der Waals surface area contributed by atoms with Crippen LogP contribution in [0.5, 0.6) is 0 Å². The number of ether oxygens (including phenoxy) is 1. The minimum atomic E-state index is -0.571. The molecule has 0 bridgehead atoms. The van der Waals surface area contributed by atoms with Gasteiger partial charge in [0.1, 0.15) is 10.6 Å². The van der Waals surface area contributed by atoms with E-state index < -0.39 is 5.97 Å². The van der Waals surface area contributed by atoms with E-state index in [0.29, 0.717) is 16.1 Å². The van der Waals surface area contributed by atoms with E-state index in [4.69, 9.17) is 4.74 Å². The van der Waals surface area contributed by atoms with Gasteiger partial charge in [-0.1, -0.05) is 0 Å². The molecule has 126 valence electrons. The SMILES string of the molecule is Cc1ncc(C(=O)OCC(=O)c2c[nH]c(C(=O)N3CCCC3)c2)s1. The molecular formula is C16H17N3O4S. The first-order valence-electron chi connectivity index (χ1n) is 7.65. The number of Topliss-reactive ketones (excluding diaryl/α,β-unsaturated/α-hetero) is 1. The fourth-order valence-corrected chi connectivity index (χ4v) is 3.18. The predicted molar refractivity (Wildman–Crippen MR) is 87.4 cm³/mol. The summed E-state index contributed by atoms with van der Waals surface area (Å²) in [5, 5.41) is 0.754. The average molecular weight is 347 g/mol. The van der Waals surface area contributed by atoms with Crippen LogP contribution in [0.4, 0.5) is 0 Å². The summed E-state index contributed by atoms with van der Waals surface area (Å²) < 4.78 is 5.00. The highest BCUT2D eigenvalue weighted by Crippen LogP contribution is 2.15. The van der Waals surface area contributed by atoms with E-state index in [9.17, 15) is 14.4 Å². The highest BCUT2D eigenvalue weighted by Gasteiger charge is 2.22. The molecule has 0 unspecified atom stereocenters. The number of ketones is 1. The van der Waals surface area contributed by atoms with E-state index in [1.807, 2.05) is 0 Å². The molecule has 1 N–H and O–H groups in total. The third kappa shape index (κ3) is 3.53. The van der Waals surface area contributed by atoms with Crippen LogP contribution in [0.3, 0.4) is 0 Å². The molecule has 2 aromatic rings. The summed E-state index contributed by atoms with van der Waals surface area (Å²) in [4.78, 5) is 45.1. The van der Waals surface area contributed by atoms with Gasteiger partial charge in [-0.05, 0) is 25.8 Å². The van der Waals surface area contributed by atoms with Crippen molar-refractivity contribution < 1.29 is 19.1 Å². The number of carbonyl (C=O) groups excluding carboxylic acids is 3. The molecule has 0 aromatic carbocycles. The number of nitrogens with one attached hydrogen (secondary N) is 1. The van der Waals surface area contributed by atoms with Crippen LogP contribution in [-0.2, 0) is 4.74 Å². The van der Waals surface area contributed by atoms with E-state index in [0.717, 1.165) is 30.9 Å². The van der Waals surface area contributed by atoms with Gasteiger partial charge < -0.3 is 14.6 Å². The number of hydrogen-bond acceptors (Lipinski definition) is 6. The molecule has 1 fully saturated rings. The largest absolute Gasteiger partial charge is 0.453 e.